The molecule has 0 radical (unpaired) electrons. The van der Waals surface area contributed by atoms with Gasteiger partial charge in [0, 0.05) is 0 Å². The third-order valence-electron chi connectivity index (χ3n) is 5.52. The number of carbonyl (C=O) groups is 2. The minimum absolute atomic E-state index is 0.261. The molecule has 0 saturated heterocycles. The SMILES string of the molecule is CC(C)(C)c1c(Cl)nc(CCCCCOC(=O)c2ccccc2)c(C(=O)O)c1C1CC1. The molecule has 1 heterocycles. The summed E-state index contributed by atoms with van der Waals surface area (Å²) in [6.45, 7) is 6.47. The number of nitrogens with zero attached hydrogens (tertiary/aromatic N) is 1. The molecule has 2 aromatic rings. The Hall–Kier alpha value is -2.40. The number of halogens is 1. The summed E-state index contributed by atoms with van der Waals surface area (Å²) in [5.74, 6) is -0.991. The second kappa shape index (κ2) is 9.82. The van der Waals surface area contributed by atoms with Crippen LogP contribution in [0.25, 0.3) is 0 Å². The average Bonchev–Trinajstić information content (AvgIpc) is 3.54. The van der Waals surface area contributed by atoms with Crippen LogP contribution >= 0.6 is 11.6 Å². The number of rotatable bonds is 9. The van der Waals surface area contributed by atoms with Crippen molar-refractivity contribution in [1.82, 2.24) is 4.98 Å². The molecule has 0 bridgehead atoms. The van der Waals surface area contributed by atoms with Crippen LogP contribution in [0.4, 0.5) is 0 Å². The van der Waals surface area contributed by atoms with E-state index in [2.05, 4.69) is 4.98 Å². The molecule has 1 aromatic heterocycles. The maximum Gasteiger partial charge on any atom is 0.338 e. The number of carboxylic acids is 1. The minimum Gasteiger partial charge on any atom is -0.478 e. The lowest BCUT2D eigenvalue weighted by molar-refractivity contribution is 0.0497. The molecule has 3 rings (SSSR count). The van der Waals surface area contributed by atoms with E-state index in [1.165, 1.54) is 0 Å². The summed E-state index contributed by atoms with van der Waals surface area (Å²) in [7, 11) is 0. The first-order valence-electron chi connectivity index (χ1n) is 10.9. The first kappa shape index (κ1) is 23.3. The number of aromatic carboxylic acids is 1. The van der Waals surface area contributed by atoms with Crippen LogP contribution in [0, 0.1) is 0 Å². The van der Waals surface area contributed by atoms with Crippen LogP contribution in [-0.2, 0) is 16.6 Å². The van der Waals surface area contributed by atoms with Crippen molar-refractivity contribution in [2.24, 2.45) is 0 Å². The van der Waals surface area contributed by atoms with Crippen LogP contribution in [0.2, 0.25) is 5.15 Å². The smallest absolute Gasteiger partial charge is 0.338 e. The van der Waals surface area contributed by atoms with Gasteiger partial charge in [-0.3, -0.25) is 0 Å². The Balaban J connectivity index is 1.63. The Bertz CT molecular complexity index is 946. The molecule has 5 nitrogen and oxygen atoms in total. The largest absolute Gasteiger partial charge is 0.478 e. The van der Waals surface area contributed by atoms with E-state index in [0.29, 0.717) is 41.4 Å². The van der Waals surface area contributed by atoms with E-state index in [4.69, 9.17) is 16.3 Å². The number of hydrogen-bond acceptors (Lipinski definition) is 4. The zero-order chi connectivity index (χ0) is 22.6. The topological polar surface area (TPSA) is 76.5 Å². The maximum absolute atomic E-state index is 12.2. The number of unbranched alkanes of at least 4 members (excludes halogenated alkanes) is 2. The normalized spacial score (nSPS) is 13.8. The van der Waals surface area contributed by atoms with E-state index >= 15 is 0 Å². The van der Waals surface area contributed by atoms with E-state index in [-0.39, 0.29) is 17.3 Å². The van der Waals surface area contributed by atoms with Gasteiger partial charge in [-0.15, -0.1) is 0 Å². The molecule has 1 saturated carbocycles. The number of aromatic nitrogens is 1. The highest BCUT2D eigenvalue weighted by Crippen LogP contribution is 2.48. The fourth-order valence-corrected chi connectivity index (χ4v) is 4.42. The predicted molar refractivity (Wildman–Crippen MR) is 121 cm³/mol. The molecule has 1 aliphatic rings. The van der Waals surface area contributed by atoms with Crippen LogP contribution in [0.5, 0.6) is 0 Å². The van der Waals surface area contributed by atoms with Gasteiger partial charge < -0.3 is 9.84 Å². The Morgan fingerprint density at radius 3 is 2.39 bits per heavy atom. The zero-order valence-electron chi connectivity index (χ0n) is 18.4. The van der Waals surface area contributed by atoms with Crippen molar-refractivity contribution in [2.45, 2.75) is 70.6 Å². The second-order valence-corrected chi connectivity index (χ2v) is 9.51. The summed E-state index contributed by atoms with van der Waals surface area (Å²) >= 11 is 6.56. The lowest BCUT2D eigenvalue weighted by atomic mass is 9.81. The fourth-order valence-electron chi connectivity index (χ4n) is 3.93. The van der Waals surface area contributed by atoms with Crippen molar-refractivity contribution >= 4 is 23.5 Å². The number of pyridine rings is 1. The summed E-state index contributed by atoms with van der Waals surface area (Å²) in [5, 5.41) is 10.4. The van der Waals surface area contributed by atoms with Gasteiger partial charge in [-0.2, -0.15) is 0 Å². The van der Waals surface area contributed by atoms with Gasteiger partial charge >= 0.3 is 11.9 Å². The van der Waals surface area contributed by atoms with Crippen LogP contribution in [0.1, 0.15) is 96.3 Å². The summed E-state index contributed by atoms with van der Waals surface area (Å²) in [4.78, 5) is 28.7. The third kappa shape index (κ3) is 5.85. The van der Waals surface area contributed by atoms with Crippen molar-refractivity contribution in [1.29, 1.82) is 0 Å². The molecule has 0 amide bonds. The van der Waals surface area contributed by atoms with Crippen LogP contribution in [-0.4, -0.2) is 28.6 Å². The average molecular weight is 444 g/mol. The van der Waals surface area contributed by atoms with Crippen LogP contribution < -0.4 is 0 Å². The van der Waals surface area contributed by atoms with Crippen molar-refractivity contribution in [3.05, 3.63) is 63.4 Å². The lowest BCUT2D eigenvalue weighted by Gasteiger charge is -2.26. The highest BCUT2D eigenvalue weighted by Gasteiger charge is 2.37. The first-order valence-corrected chi connectivity index (χ1v) is 11.3. The molecule has 1 aliphatic carbocycles. The van der Waals surface area contributed by atoms with E-state index in [9.17, 15) is 14.7 Å². The molecule has 0 aliphatic heterocycles. The molecule has 0 spiro atoms. The van der Waals surface area contributed by atoms with E-state index < -0.39 is 5.97 Å². The number of esters is 1. The van der Waals surface area contributed by atoms with Crippen molar-refractivity contribution in [3.8, 4) is 0 Å². The van der Waals surface area contributed by atoms with Gasteiger partial charge in [0.05, 0.1) is 23.4 Å². The van der Waals surface area contributed by atoms with E-state index in [0.717, 1.165) is 36.8 Å². The highest BCUT2D eigenvalue weighted by atomic mass is 35.5. The summed E-state index contributed by atoms with van der Waals surface area (Å²) in [6.07, 6.45) is 4.81. The molecule has 166 valence electrons. The van der Waals surface area contributed by atoms with Gasteiger partial charge in [-0.05, 0) is 73.1 Å². The summed E-state index contributed by atoms with van der Waals surface area (Å²) < 4.78 is 5.30. The quantitative estimate of drug-likeness (QED) is 0.284. The van der Waals surface area contributed by atoms with Crippen molar-refractivity contribution < 1.29 is 19.4 Å². The third-order valence-corrected chi connectivity index (χ3v) is 5.79. The number of aryl methyl sites for hydroxylation is 1. The number of carboxylic acid groups (broad SMARTS) is 1. The van der Waals surface area contributed by atoms with E-state index in [1.54, 1.807) is 24.3 Å². The second-order valence-electron chi connectivity index (χ2n) is 9.16. The van der Waals surface area contributed by atoms with Crippen molar-refractivity contribution in [3.63, 3.8) is 0 Å². The molecule has 6 heteroatoms. The van der Waals surface area contributed by atoms with E-state index in [1.807, 2.05) is 26.8 Å². The maximum atomic E-state index is 12.2. The van der Waals surface area contributed by atoms with Gasteiger partial charge in [0.2, 0.25) is 0 Å². The monoisotopic (exact) mass is 443 g/mol. The number of carbonyl (C=O) groups excluding carboxylic acids is 1. The summed E-state index contributed by atoms with van der Waals surface area (Å²) in [6, 6.07) is 8.91. The minimum atomic E-state index is -0.927. The standard InChI is InChI=1S/C25H30ClNO4/c1-25(2,3)21-19(16-13-14-16)20(23(28)29)18(27-22(21)26)12-8-5-9-15-31-24(30)17-10-6-4-7-11-17/h4,6-7,10-11,16H,5,8-9,12-15H2,1-3H3,(H,28,29). The molecule has 0 atom stereocenters. The highest BCUT2D eigenvalue weighted by molar-refractivity contribution is 6.30. The first-order chi connectivity index (χ1) is 14.7. The molecule has 1 fully saturated rings. The molecule has 0 unspecified atom stereocenters. The molecular formula is C25H30ClNO4. The van der Waals surface area contributed by atoms with Gasteiger partial charge in [0.1, 0.15) is 5.15 Å². The lowest BCUT2D eigenvalue weighted by Crippen LogP contribution is -2.21. The zero-order valence-corrected chi connectivity index (χ0v) is 19.2. The molecular weight excluding hydrogens is 414 g/mol. The Kier molecular flexibility index (Phi) is 7.37. The Morgan fingerprint density at radius 1 is 1.13 bits per heavy atom. The summed E-state index contributed by atoms with van der Waals surface area (Å²) in [5.41, 5.74) is 2.92. The van der Waals surface area contributed by atoms with Crippen molar-refractivity contribution in [2.75, 3.05) is 6.61 Å². The fraction of sp³-hybridized carbons (Fsp3) is 0.480. The van der Waals surface area contributed by atoms with Gasteiger partial charge in [0.25, 0.3) is 0 Å². The molecule has 1 N–H and O–H groups in total. The number of ether oxygens (including phenoxy) is 1. The van der Waals surface area contributed by atoms with Gasteiger partial charge in [0.15, 0.2) is 0 Å². The Morgan fingerprint density at radius 2 is 1.81 bits per heavy atom. The van der Waals surface area contributed by atoms with Gasteiger partial charge in [-0.25, -0.2) is 14.6 Å². The number of benzene rings is 1. The predicted octanol–water partition coefficient (Wildman–Crippen LogP) is 6.18. The Labute approximate surface area is 188 Å². The molecule has 1 aromatic carbocycles. The van der Waals surface area contributed by atoms with Crippen LogP contribution in [0.15, 0.2) is 30.3 Å². The number of hydrogen-bond donors (Lipinski definition) is 1. The van der Waals surface area contributed by atoms with Gasteiger partial charge in [-0.1, -0.05) is 50.6 Å². The van der Waals surface area contributed by atoms with Crippen LogP contribution in [0.3, 0.4) is 0 Å². The molecule has 31 heavy (non-hydrogen) atoms.